The average Bonchev–Trinajstić information content (AvgIpc) is 3.49. The molecule has 2 atom stereocenters. The number of morpholine rings is 1. The number of ether oxygens (including phenoxy) is 4. The highest BCUT2D eigenvalue weighted by Crippen LogP contribution is 2.44. The molecule has 0 saturated carbocycles. The number of azide groups is 1. The summed E-state index contributed by atoms with van der Waals surface area (Å²) in [5.74, 6) is 1.11. The summed E-state index contributed by atoms with van der Waals surface area (Å²) in [6.07, 6.45) is -0.263. The Kier molecular flexibility index (Phi) is 11.4. The third-order valence-electron chi connectivity index (χ3n) is 7.89. The molecule has 3 aromatic rings. The number of aliphatic imine (C=N–C) groups is 1. The van der Waals surface area contributed by atoms with Gasteiger partial charge in [0.25, 0.3) is 5.91 Å². The number of benzene rings is 3. The number of nitrogens with zero attached hydrogens (tertiary/aromatic N) is 5. The fourth-order valence-electron chi connectivity index (χ4n) is 5.47. The smallest absolute Gasteiger partial charge is 0.266 e. The van der Waals surface area contributed by atoms with E-state index in [4.69, 9.17) is 29.0 Å². The number of hydrogen-bond donors (Lipinski definition) is 3. The molecule has 2 aliphatic rings. The fourth-order valence-corrected chi connectivity index (χ4v) is 5.47. The molecule has 13 heteroatoms. The van der Waals surface area contributed by atoms with Crippen LogP contribution in [0.2, 0.25) is 0 Å². The second-order valence-corrected chi connectivity index (χ2v) is 10.9. The first-order valence-electron chi connectivity index (χ1n) is 15.3. The van der Waals surface area contributed by atoms with Gasteiger partial charge in [0.15, 0.2) is 11.6 Å². The Morgan fingerprint density at radius 2 is 1.93 bits per heavy atom. The van der Waals surface area contributed by atoms with E-state index in [0.29, 0.717) is 66.7 Å². The molecule has 1 saturated heterocycles. The predicted octanol–water partition coefficient (Wildman–Crippen LogP) is 3.85. The van der Waals surface area contributed by atoms with E-state index in [1.54, 1.807) is 31.4 Å². The van der Waals surface area contributed by atoms with Gasteiger partial charge in [-0.25, -0.2) is 10.4 Å². The second-order valence-electron chi connectivity index (χ2n) is 10.9. The van der Waals surface area contributed by atoms with Crippen LogP contribution in [0.15, 0.2) is 82.9 Å². The highest BCUT2D eigenvalue weighted by Gasteiger charge is 2.53. The van der Waals surface area contributed by atoms with E-state index in [9.17, 15) is 10.3 Å². The molecule has 3 aromatic carbocycles. The Balaban J connectivity index is 1.52. The molecule has 1 fully saturated rings. The summed E-state index contributed by atoms with van der Waals surface area (Å²) >= 11 is 0. The van der Waals surface area contributed by atoms with Crippen LogP contribution < -0.4 is 20.3 Å². The molecule has 0 spiro atoms. The minimum atomic E-state index is -1.51. The summed E-state index contributed by atoms with van der Waals surface area (Å²) in [5.41, 5.74) is 16.1. The molecular formula is C33H39N7O6. The standard InChI is InChI=1S/C33H39N7O6/c1-43-28-8-4-7-25(22-28)30-33(23-26-6-2-3-9-29(26)37-39-34,32(42)38-35-14-15-40-16-20-44-21-17-40)36-31(46-30)24-10-12-27(13-11-24)45-19-5-18-41/h2-4,6-13,22,30,35,41H,5,14-21,23H2,1H3,(H,38,42)/t30-,33-/m0/s1. The van der Waals surface area contributed by atoms with Crippen LogP contribution in [0.3, 0.4) is 0 Å². The molecule has 0 radical (unpaired) electrons. The van der Waals surface area contributed by atoms with Crippen molar-refractivity contribution in [2.75, 3.05) is 59.7 Å². The van der Waals surface area contributed by atoms with Crippen molar-refractivity contribution in [3.63, 3.8) is 0 Å². The highest BCUT2D eigenvalue weighted by molar-refractivity contribution is 6.01. The normalized spacial score (nSPS) is 19.4. The first kappa shape index (κ1) is 32.7. The van der Waals surface area contributed by atoms with Gasteiger partial charge in [-0.3, -0.25) is 15.1 Å². The minimum absolute atomic E-state index is 0.0451. The van der Waals surface area contributed by atoms with Gasteiger partial charge in [0.2, 0.25) is 5.90 Å². The van der Waals surface area contributed by atoms with Gasteiger partial charge in [0.1, 0.15) is 11.5 Å². The van der Waals surface area contributed by atoms with Gasteiger partial charge < -0.3 is 24.1 Å². The molecule has 46 heavy (non-hydrogen) atoms. The van der Waals surface area contributed by atoms with Crippen molar-refractivity contribution in [1.82, 2.24) is 15.8 Å². The zero-order valence-electron chi connectivity index (χ0n) is 25.8. The summed E-state index contributed by atoms with van der Waals surface area (Å²) in [6, 6.07) is 21.7. The van der Waals surface area contributed by atoms with Crippen LogP contribution in [0.1, 0.15) is 29.2 Å². The van der Waals surface area contributed by atoms with Gasteiger partial charge >= 0.3 is 0 Å². The van der Waals surface area contributed by atoms with Crippen LogP contribution in [-0.2, 0) is 20.7 Å². The fraction of sp³-hybridized carbons (Fsp3) is 0.394. The number of aliphatic hydroxyl groups is 1. The van der Waals surface area contributed by atoms with E-state index in [1.165, 1.54) is 0 Å². The quantitative estimate of drug-likeness (QED) is 0.0751. The predicted molar refractivity (Wildman–Crippen MR) is 172 cm³/mol. The molecule has 1 amide bonds. The zero-order valence-corrected chi connectivity index (χ0v) is 25.8. The maximum atomic E-state index is 14.4. The van der Waals surface area contributed by atoms with E-state index in [2.05, 4.69) is 25.8 Å². The van der Waals surface area contributed by atoms with Crippen molar-refractivity contribution in [2.45, 2.75) is 24.5 Å². The van der Waals surface area contributed by atoms with Gasteiger partial charge in [0.05, 0.1) is 26.9 Å². The lowest BCUT2D eigenvalue weighted by molar-refractivity contribution is -0.130. The number of carbonyl (C=O) groups excluding carboxylic acids is 1. The van der Waals surface area contributed by atoms with Crippen LogP contribution in [0.4, 0.5) is 5.69 Å². The van der Waals surface area contributed by atoms with Gasteiger partial charge in [-0.15, -0.1) is 0 Å². The molecule has 0 aromatic heterocycles. The third-order valence-corrected chi connectivity index (χ3v) is 7.89. The van der Waals surface area contributed by atoms with Crippen LogP contribution in [0, 0.1) is 0 Å². The lowest BCUT2D eigenvalue weighted by Gasteiger charge is -2.31. The van der Waals surface area contributed by atoms with E-state index < -0.39 is 17.6 Å². The molecule has 0 unspecified atom stereocenters. The van der Waals surface area contributed by atoms with Gasteiger partial charge in [-0.2, -0.15) is 0 Å². The Labute approximate surface area is 267 Å². The first-order chi connectivity index (χ1) is 22.6. The summed E-state index contributed by atoms with van der Waals surface area (Å²) in [4.78, 5) is 24.7. The van der Waals surface area contributed by atoms with Gasteiger partial charge in [-0.1, -0.05) is 41.5 Å². The number of hydrazine groups is 1. The number of methoxy groups -OCH3 is 1. The number of rotatable bonds is 15. The molecule has 3 N–H and O–H groups in total. The Morgan fingerprint density at radius 1 is 1.13 bits per heavy atom. The van der Waals surface area contributed by atoms with Crippen LogP contribution in [-0.4, -0.2) is 87.1 Å². The largest absolute Gasteiger partial charge is 0.497 e. The van der Waals surface area contributed by atoms with Crippen molar-refractivity contribution in [1.29, 1.82) is 0 Å². The number of nitrogens with one attached hydrogen (secondary N) is 2. The van der Waals surface area contributed by atoms with E-state index in [0.717, 1.165) is 19.6 Å². The SMILES string of the molecule is COc1cccc([C@@H]2OC(c3ccc(OCCCO)cc3)=N[C@]2(Cc2ccccc2N=[N+]=[N-])C(=O)NNCCN2CCOCC2)c1. The Bertz CT molecular complexity index is 1540. The molecule has 5 rings (SSSR count). The molecule has 242 valence electrons. The number of aliphatic hydroxyl groups excluding tert-OH is 1. The van der Waals surface area contributed by atoms with Crippen molar-refractivity contribution in [3.8, 4) is 11.5 Å². The third kappa shape index (κ3) is 7.94. The lowest BCUT2D eigenvalue weighted by atomic mass is 9.81. The topological polar surface area (TPSA) is 163 Å². The van der Waals surface area contributed by atoms with E-state index in [-0.39, 0.29) is 18.9 Å². The molecule has 0 aliphatic carbocycles. The molecule has 2 aliphatic heterocycles. The average molecular weight is 630 g/mol. The van der Waals surface area contributed by atoms with Gasteiger partial charge in [-0.05, 0) is 53.1 Å². The monoisotopic (exact) mass is 629 g/mol. The van der Waals surface area contributed by atoms with Crippen molar-refractivity contribution in [2.24, 2.45) is 10.1 Å². The van der Waals surface area contributed by atoms with E-state index in [1.807, 2.05) is 48.5 Å². The number of carbonyl (C=O) groups is 1. The van der Waals surface area contributed by atoms with Gasteiger partial charge in [0, 0.05) is 61.8 Å². The maximum Gasteiger partial charge on any atom is 0.266 e. The number of hydrogen-bond acceptors (Lipinski definition) is 10. The molecular weight excluding hydrogens is 590 g/mol. The summed E-state index contributed by atoms with van der Waals surface area (Å²) in [6.45, 7) is 4.71. The second kappa shape index (κ2) is 16.1. The zero-order chi connectivity index (χ0) is 32.2. The Hall–Kier alpha value is -4.65. The summed E-state index contributed by atoms with van der Waals surface area (Å²) < 4.78 is 23.2. The molecule has 0 bridgehead atoms. The van der Waals surface area contributed by atoms with Crippen LogP contribution >= 0.6 is 0 Å². The van der Waals surface area contributed by atoms with Crippen LogP contribution in [0.25, 0.3) is 10.4 Å². The highest BCUT2D eigenvalue weighted by atomic mass is 16.5. The van der Waals surface area contributed by atoms with Crippen molar-refractivity contribution < 1.29 is 28.8 Å². The minimum Gasteiger partial charge on any atom is -0.497 e. The van der Waals surface area contributed by atoms with E-state index >= 15 is 0 Å². The first-order valence-corrected chi connectivity index (χ1v) is 15.3. The molecule has 13 nitrogen and oxygen atoms in total. The van der Waals surface area contributed by atoms with Crippen molar-refractivity contribution in [3.05, 3.63) is 99.9 Å². The maximum absolute atomic E-state index is 14.4. The molecule has 2 heterocycles. The summed E-state index contributed by atoms with van der Waals surface area (Å²) in [5, 5.41) is 13.0. The Morgan fingerprint density at radius 3 is 2.70 bits per heavy atom. The number of amides is 1. The summed E-state index contributed by atoms with van der Waals surface area (Å²) in [7, 11) is 1.58. The van der Waals surface area contributed by atoms with Crippen LogP contribution in [0.5, 0.6) is 11.5 Å². The van der Waals surface area contributed by atoms with Crippen molar-refractivity contribution >= 4 is 17.5 Å². The lowest BCUT2D eigenvalue weighted by Crippen LogP contribution is -2.55.